The smallest absolute Gasteiger partial charge is 0.191 e. The molecular weight excluding hydrogens is 236 g/mol. The van der Waals surface area contributed by atoms with E-state index in [2.05, 4.69) is 48.2 Å². The first-order valence-corrected chi connectivity index (χ1v) is 7.89. The molecule has 4 nitrogen and oxygen atoms in total. The second kappa shape index (κ2) is 9.18. The van der Waals surface area contributed by atoms with Crippen LogP contribution in [0.1, 0.15) is 47.0 Å². The van der Waals surface area contributed by atoms with Crippen molar-refractivity contribution in [3.63, 3.8) is 0 Å². The zero-order valence-corrected chi connectivity index (χ0v) is 13.2. The summed E-state index contributed by atoms with van der Waals surface area (Å²) in [5, 5.41) is 6.66. The van der Waals surface area contributed by atoms with Gasteiger partial charge in [0.1, 0.15) is 0 Å². The standard InChI is InChI=1S/C15H32N4/c1-5-16-15(18-13(2)3)17-11-14(4)12-19-9-7-6-8-10-19/h13-14H,5-12H2,1-4H3,(H2,16,17,18). The second-order valence-corrected chi connectivity index (χ2v) is 5.99. The molecule has 0 amide bonds. The summed E-state index contributed by atoms with van der Waals surface area (Å²) in [4.78, 5) is 7.28. The van der Waals surface area contributed by atoms with Crippen molar-refractivity contribution < 1.29 is 0 Å². The van der Waals surface area contributed by atoms with Crippen LogP contribution in [0.15, 0.2) is 4.99 Å². The lowest BCUT2D eigenvalue weighted by Crippen LogP contribution is -2.41. The van der Waals surface area contributed by atoms with Gasteiger partial charge >= 0.3 is 0 Å². The van der Waals surface area contributed by atoms with Gasteiger partial charge in [0.15, 0.2) is 5.96 Å². The topological polar surface area (TPSA) is 39.7 Å². The third-order valence-electron chi connectivity index (χ3n) is 3.35. The molecule has 0 spiro atoms. The minimum Gasteiger partial charge on any atom is -0.357 e. The fourth-order valence-electron chi connectivity index (χ4n) is 2.48. The highest BCUT2D eigenvalue weighted by Crippen LogP contribution is 2.10. The Labute approximate surface area is 119 Å². The number of likely N-dealkylation sites (tertiary alicyclic amines) is 1. The molecule has 1 rings (SSSR count). The third-order valence-corrected chi connectivity index (χ3v) is 3.35. The van der Waals surface area contributed by atoms with Crippen molar-refractivity contribution in [2.45, 2.75) is 53.0 Å². The van der Waals surface area contributed by atoms with Gasteiger partial charge in [-0.3, -0.25) is 4.99 Å². The van der Waals surface area contributed by atoms with Crippen LogP contribution in [-0.4, -0.2) is 49.6 Å². The molecule has 2 N–H and O–H groups in total. The lowest BCUT2D eigenvalue weighted by molar-refractivity contribution is 0.203. The van der Waals surface area contributed by atoms with Crippen LogP contribution in [0, 0.1) is 5.92 Å². The van der Waals surface area contributed by atoms with E-state index in [1.54, 1.807) is 0 Å². The van der Waals surface area contributed by atoms with Crippen LogP contribution >= 0.6 is 0 Å². The van der Waals surface area contributed by atoms with Crippen molar-refractivity contribution in [2.24, 2.45) is 10.9 Å². The van der Waals surface area contributed by atoms with Gasteiger partial charge in [-0.15, -0.1) is 0 Å². The zero-order chi connectivity index (χ0) is 14.1. The van der Waals surface area contributed by atoms with E-state index in [1.807, 2.05) is 0 Å². The molecule has 0 aromatic rings. The first-order chi connectivity index (χ1) is 9.11. The number of hydrogen-bond donors (Lipinski definition) is 2. The predicted octanol–water partition coefficient (Wildman–Crippen LogP) is 2.07. The number of nitrogens with zero attached hydrogens (tertiary/aromatic N) is 2. The Morgan fingerprint density at radius 3 is 2.42 bits per heavy atom. The molecule has 0 radical (unpaired) electrons. The van der Waals surface area contributed by atoms with Crippen molar-refractivity contribution in [2.75, 3.05) is 32.7 Å². The molecule has 1 aliphatic heterocycles. The second-order valence-electron chi connectivity index (χ2n) is 5.99. The highest BCUT2D eigenvalue weighted by molar-refractivity contribution is 5.79. The lowest BCUT2D eigenvalue weighted by Gasteiger charge is -2.28. The van der Waals surface area contributed by atoms with Gasteiger partial charge in [0.25, 0.3) is 0 Å². The van der Waals surface area contributed by atoms with Crippen LogP contribution in [0.3, 0.4) is 0 Å². The van der Waals surface area contributed by atoms with Gasteiger partial charge in [0.05, 0.1) is 0 Å². The number of nitrogens with one attached hydrogen (secondary N) is 2. The quantitative estimate of drug-likeness (QED) is 0.572. The molecule has 0 aromatic heterocycles. The fraction of sp³-hybridized carbons (Fsp3) is 0.933. The molecular formula is C15H32N4. The predicted molar refractivity (Wildman–Crippen MR) is 83.7 cm³/mol. The van der Waals surface area contributed by atoms with Crippen LogP contribution in [-0.2, 0) is 0 Å². The van der Waals surface area contributed by atoms with Gasteiger partial charge in [0, 0.05) is 25.7 Å². The highest BCUT2D eigenvalue weighted by Gasteiger charge is 2.13. The summed E-state index contributed by atoms with van der Waals surface area (Å²) in [7, 11) is 0. The van der Waals surface area contributed by atoms with E-state index in [4.69, 9.17) is 0 Å². The van der Waals surface area contributed by atoms with Crippen LogP contribution in [0.5, 0.6) is 0 Å². The van der Waals surface area contributed by atoms with E-state index in [-0.39, 0.29) is 0 Å². The largest absolute Gasteiger partial charge is 0.357 e. The average Bonchev–Trinajstić information content (AvgIpc) is 2.37. The Bertz CT molecular complexity index is 257. The van der Waals surface area contributed by atoms with Gasteiger partial charge in [0.2, 0.25) is 0 Å². The molecule has 0 aromatic carbocycles. The minimum atomic E-state index is 0.426. The van der Waals surface area contributed by atoms with E-state index >= 15 is 0 Å². The number of guanidine groups is 1. The Morgan fingerprint density at radius 2 is 1.84 bits per heavy atom. The maximum atomic E-state index is 4.69. The summed E-state index contributed by atoms with van der Waals surface area (Å²) in [6.07, 6.45) is 4.15. The summed E-state index contributed by atoms with van der Waals surface area (Å²) in [5.41, 5.74) is 0. The number of aliphatic imine (C=N–C) groups is 1. The molecule has 4 heteroatoms. The van der Waals surface area contributed by atoms with E-state index in [0.29, 0.717) is 12.0 Å². The minimum absolute atomic E-state index is 0.426. The summed E-state index contributed by atoms with van der Waals surface area (Å²) in [6.45, 7) is 14.2. The summed E-state index contributed by atoms with van der Waals surface area (Å²) in [5.74, 6) is 1.57. The average molecular weight is 268 g/mol. The molecule has 1 atom stereocenters. The zero-order valence-electron chi connectivity index (χ0n) is 13.2. The molecule has 19 heavy (non-hydrogen) atoms. The maximum Gasteiger partial charge on any atom is 0.191 e. The van der Waals surface area contributed by atoms with Crippen molar-refractivity contribution in [3.05, 3.63) is 0 Å². The van der Waals surface area contributed by atoms with E-state index < -0.39 is 0 Å². The van der Waals surface area contributed by atoms with Crippen molar-refractivity contribution in [3.8, 4) is 0 Å². The molecule has 1 heterocycles. The molecule has 112 valence electrons. The van der Waals surface area contributed by atoms with Crippen molar-refractivity contribution in [1.82, 2.24) is 15.5 Å². The molecule has 1 saturated heterocycles. The van der Waals surface area contributed by atoms with Gasteiger partial charge in [-0.05, 0) is 52.6 Å². The van der Waals surface area contributed by atoms with Crippen molar-refractivity contribution >= 4 is 5.96 Å². The highest BCUT2D eigenvalue weighted by atomic mass is 15.2. The molecule has 1 aliphatic rings. The molecule has 1 fully saturated rings. The number of hydrogen-bond acceptors (Lipinski definition) is 2. The van der Waals surface area contributed by atoms with Gasteiger partial charge in [-0.25, -0.2) is 0 Å². The first-order valence-electron chi connectivity index (χ1n) is 7.89. The number of piperidine rings is 1. The van der Waals surface area contributed by atoms with Crippen LogP contribution in [0.4, 0.5) is 0 Å². The van der Waals surface area contributed by atoms with Crippen LogP contribution in [0.25, 0.3) is 0 Å². The third kappa shape index (κ3) is 7.41. The fourth-order valence-corrected chi connectivity index (χ4v) is 2.48. The summed E-state index contributed by atoms with van der Waals surface area (Å²) >= 11 is 0. The van der Waals surface area contributed by atoms with E-state index in [1.165, 1.54) is 38.9 Å². The van der Waals surface area contributed by atoms with Crippen LogP contribution < -0.4 is 10.6 Å². The monoisotopic (exact) mass is 268 g/mol. The maximum absolute atomic E-state index is 4.69. The number of rotatable bonds is 6. The Hall–Kier alpha value is -0.770. The van der Waals surface area contributed by atoms with Crippen molar-refractivity contribution in [1.29, 1.82) is 0 Å². The van der Waals surface area contributed by atoms with Gasteiger partial charge in [-0.2, -0.15) is 0 Å². The van der Waals surface area contributed by atoms with Gasteiger partial charge in [-0.1, -0.05) is 13.3 Å². The molecule has 0 saturated carbocycles. The Kier molecular flexibility index (Phi) is 7.87. The summed E-state index contributed by atoms with van der Waals surface area (Å²) in [6, 6.07) is 0.426. The van der Waals surface area contributed by atoms with E-state index in [0.717, 1.165) is 19.0 Å². The Balaban J connectivity index is 2.33. The Morgan fingerprint density at radius 1 is 1.16 bits per heavy atom. The molecule has 0 aliphatic carbocycles. The first kappa shape index (κ1) is 16.3. The molecule has 0 bridgehead atoms. The van der Waals surface area contributed by atoms with E-state index in [9.17, 15) is 0 Å². The van der Waals surface area contributed by atoms with Crippen LogP contribution in [0.2, 0.25) is 0 Å². The summed E-state index contributed by atoms with van der Waals surface area (Å²) < 4.78 is 0. The normalized spacial score (nSPS) is 19.5. The lowest BCUT2D eigenvalue weighted by atomic mass is 10.1. The SMILES string of the molecule is CCNC(=NCC(C)CN1CCCCC1)NC(C)C. The van der Waals surface area contributed by atoms with Gasteiger partial charge < -0.3 is 15.5 Å². The molecule has 1 unspecified atom stereocenters.